The molecule has 0 radical (unpaired) electrons. The number of nitrogens with one attached hydrogen (secondary N) is 2. The molecule has 22 heavy (non-hydrogen) atoms. The Hall–Kier alpha value is -1.89. The lowest BCUT2D eigenvalue weighted by molar-refractivity contribution is -0.120. The minimum Gasteiger partial charge on any atom is -0.351 e. The van der Waals surface area contributed by atoms with Crippen molar-refractivity contribution in [2.75, 3.05) is 18.1 Å². The van der Waals surface area contributed by atoms with Gasteiger partial charge in [-0.15, -0.1) is 0 Å². The summed E-state index contributed by atoms with van der Waals surface area (Å²) in [6.45, 7) is 3.71. The summed E-state index contributed by atoms with van der Waals surface area (Å²) < 4.78 is 22.6. The summed E-state index contributed by atoms with van der Waals surface area (Å²) in [6.07, 6.45) is 0.430. The van der Waals surface area contributed by atoms with Crippen molar-refractivity contribution in [3.8, 4) is 0 Å². The van der Waals surface area contributed by atoms with Gasteiger partial charge in [-0.3, -0.25) is 9.59 Å². The molecule has 6 nitrogen and oxygen atoms in total. The maximum absolute atomic E-state index is 12.0. The van der Waals surface area contributed by atoms with E-state index >= 15 is 0 Å². The van der Waals surface area contributed by atoms with Crippen LogP contribution in [0.15, 0.2) is 18.2 Å². The Labute approximate surface area is 130 Å². The molecule has 120 valence electrons. The van der Waals surface area contributed by atoms with Crippen LogP contribution in [0.2, 0.25) is 0 Å². The van der Waals surface area contributed by atoms with Gasteiger partial charge in [0.2, 0.25) is 5.91 Å². The van der Waals surface area contributed by atoms with Crippen molar-refractivity contribution in [3.63, 3.8) is 0 Å². The van der Waals surface area contributed by atoms with Crippen LogP contribution < -0.4 is 10.6 Å². The van der Waals surface area contributed by atoms with Crippen LogP contribution in [0.5, 0.6) is 0 Å². The van der Waals surface area contributed by atoms with E-state index < -0.39 is 9.84 Å². The second-order valence-electron chi connectivity index (χ2n) is 5.65. The zero-order valence-corrected chi connectivity index (χ0v) is 13.5. The zero-order valence-electron chi connectivity index (χ0n) is 12.7. The molecule has 7 heteroatoms. The quantitative estimate of drug-likeness (QED) is 0.835. The summed E-state index contributed by atoms with van der Waals surface area (Å²) in [5, 5.41) is 5.17. The number of carbonyl (C=O) groups excluding carboxylic acids is 2. The fourth-order valence-electron chi connectivity index (χ4n) is 2.33. The first-order chi connectivity index (χ1) is 10.3. The van der Waals surface area contributed by atoms with E-state index in [1.165, 1.54) is 0 Å². The van der Waals surface area contributed by atoms with Crippen LogP contribution in [-0.4, -0.2) is 44.3 Å². The van der Waals surface area contributed by atoms with Gasteiger partial charge in [-0.2, -0.15) is 0 Å². The fraction of sp³-hybridized carbons (Fsp3) is 0.467. The number of hydrogen-bond acceptors (Lipinski definition) is 4. The summed E-state index contributed by atoms with van der Waals surface area (Å²) in [7, 11) is -3.03. The largest absolute Gasteiger partial charge is 0.351 e. The van der Waals surface area contributed by atoms with E-state index in [9.17, 15) is 18.0 Å². The molecule has 1 atom stereocenters. The van der Waals surface area contributed by atoms with Crippen molar-refractivity contribution in [3.05, 3.63) is 34.9 Å². The second-order valence-corrected chi connectivity index (χ2v) is 7.88. The number of rotatable bonds is 4. The molecule has 1 unspecified atom stereocenters. The Balaban J connectivity index is 1.83. The fourth-order valence-corrected chi connectivity index (χ4v) is 4.01. The Kier molecular flexibility index (Phi) is 4.85. The molecule has 1 fully saturated rings. The summed E-state index contributed by atoms with van der Waals surface area (Å²) >= 11 is 0. The van der Waals surface area contributed by atoms with E-state index in [0.717, 1.165) is 11.1 Å². The number of amides is 2. The molecule has 2 N–H and O–H groups in total. The first kappa shape index (κ1) is 16.5. The minimum atomic E-state index is -3.03. The molecule has 1 heterocycles. The number of hydrogen-bond donors (Lipinski definition) is 2. The SMILES string of the molecule is Cc1ccc(C(=O)NCC(=O)NC2CCS(=O)(=O)C2)cc1C. The van der Waals surface area contributed by atoms with Gasteiger partial charge in [-0.25, -0.2) is 8.42 Å². The van der Waals surface area contributed by atoms with Crippen LogP contribution in [0, 0.1) is 13.8 Å². The molecule has 0 saturated carbocycles. The lowest BCUT2D eigenvalue weighted by Gasteiger charge is -2.11. The number of carbonyl (C=O) groups is 2. The standard InChI is InChI=1S/C15H20N2O4S/c1-10-3-4-12(7-11(10)2)15(19)16-8-14(18)17-13-5-6-22(20,21)9-13/h3-4,7,13H,5-6,8-9H2,1-2H3,(H,16,19)(H,17,18). The number of aryl methyl sites for hydroxylation is 2. The van der Waals surface area contributed by atoms with Gasteiger partial charge in [-0.1, -0.05) is 6.07 Å². The first-order valence-corrected chi connectivity index (χ1v) is 8.94. The Morgan fingerprint density at radius 3 is 2.55 bits per heavy atom. The van der Waals surface area contributed by atoms with Gasteiger partial charge >= 0.3 is 0 Å². The highest BCUT2D eigenvalue weighted by Crippen LogP contribution is 2.11. The van der Waals surface area contributed by atoms with Crippen molar-refractivity contribution < 1.29 is 18.0 Å². The van der Waals surface area contributed by atoms with Crippen LogP contribution in [0.4, 0.5) is 0 Å². The third kappa shape index (κ3) is 4.30. The topological polar surface area (TPSA) is 92.3 Å². The van der Waals surface area contributed by atoms with Crippen LogP contribution in [0.25, 0.3) is 0 Å². The average molecular weight is 324 g/mol. The molecule has 1 aliphatic heterocycles. The van der Waals surface area contributed by atoms with Crippen molar-refractivity contribution in [2.45, 2.75) is 26.3 Å². The third-order valence-corrected chi connectivity index (χ3v) is 5.54. The van der Waals surface area contributed by atoms with Gasteiger partial charge in [0.05, 0.1) is 18.1 Å². The molecule has 1 aromatic rings. The maximum atomic E-state index is 12.0. The lowest BCUT2D eigenvalue weighted by Crippen LogP contribution is -2.42. The Bertz CT molecular complexity index is 697. The van der Waals surface area contributed by atoms with Gasteiger partial charge in [0.1, 0.15) is 0 Å². The monoisotopic (exact) mass is 324 g/mol. The van der Waals surface area contributed by atoms with Crippen molar-refractivity contribution >= 4 is 21.7 Å². The summed E-state index contributed by atoms with van der Waals surface area (Å²) in [5.74, 6) is -0.617. The molecule has 0 aliphatic carbocycles. The van der Waals surface area contributed by atoms with E-state index in [-0.39, 0.29) is 35.9 Å². The van der Waals surface area contributed by atoms with E-state index in [4.69, 9.17) is 0 Å². The predicted molar refractivity (Wildman–Crippen MR) is 83.5 cm³/mol. The van der Waals surface area contributed by atoms with E-state index in [1.54, 1.807) is 12.1 Å². The van der Waals surface area contributed by atoms with E-state index in [0.29, 0.717) is 12.0 Å². The lowest BCUT2D eigenvalue weighted by atomic mass is 10.1. The molecule has 0 aromatic heterocycles. The molecule has 1 saturated heterocycles. The van der Waals surface area contributed by atoms with Crippen molar-refractivity contribution in [1.82, 2.24) is 10.6 Å². The summed E-state index contributed by atoms with van der Waals surface area (Å²) in [6, 6.07) is 4.98. The van der Waals surface area contributed by atoms with Crippen LogP contribution in [0.3, 0.4) is 0 Å². The molecule has 1 aliphatic rings. The highest BCUT2D eigenvalue weighted by Gasteiger charge is 2.28. The number of sulfone groups is 1. The van der Waals surface area contributed by atoms with E-state index in [1.807, 2.05) is 19.9 Å². The normalized spacial score (nSPS) is 19.6. The van der Waals surface area contributed by atoms with Crippen molar-refractivity contribution in [1.29, 1.82) is 0 Å². The van der Waals surface area contributed by atoms with Gasteiger partial charge in [-0.05, 0) is 43.5 Å². The molecule has 2 rings (SSSR count). The minimum absolute atomic E-state index is 0.0240. The Morgan fingerprint density at radius 2 is 1.95 bits per heavy atom. The second kappa shape index (κ2) is 6.48. The summed E-state index contributed by atoms with van der Waals surface area (Å²) in [4.78, 5) is 23.7. The first-order valence-electron chi connectivity index (χ1n) is 7.12. The van der Waals surface area contributed by atoms with Crippen LogP contribution in [-0.2, 0) is 14.6 Å². The molecular weight excluding hydrogens is 304 g/mol. The molecule has 0 bridgehead atoms. The van der Waals surface area contributed by atoms with Gasteiger partial charge < -0.3 is 10.6 Å². The maximum Gasteiger partial charge on any atom is 0.251 e. The van der Waals surface area contributed by atoms with E-state index in [2.05, 4.69) is 10.6 Å². The van der Waals surface area contributed by atoms with Gasteiger partial charge in [0.25, 0.3) is 5.91 Å². The van der Waals surface area contributed by atoms with Crippen LogP contribution >= 0.6 is 0 Å². The molecule has 1 aromatic carbocycles. The van der Waals surface area contributed by atoms with Gasteiger partial charge in [0.15, 0.2) is 9.84 Å². The van der Waals surface area contributed by atoms with Crippen molar-refractivity contribution in [2.24, 2.45) is 0 Å². The zero-order chi connectivity index (χ0) is 16.3. The molecular formula is C15H20N2O4S. The van der Waals surface area contributed by atoms with Gasteiger partial charge in [0, 0.05) is 11.6 Å². The molecule has 2 amide bonds. The predicted octanol–water partition coefficient (Wildman–Crippen LogP) is 0.337. The number of benzene rings is 1. The highest BCUT2D eigenvalue weighted by atomic mass is 32.2. The highest BCUT2D eigenvalue weighted by molar-refractivity contribution is 7.91. The third-order valence-electron chi connectivity index (χ3n) is 3.78. The smallest absolute Gasteiger partial charge is 0.251 e. The Morgan fingerprint density at radius 1 is 1.23 bits per heavy atom. The summed E-state index contributed by atoms with van der Waals surface area (Å²) in [5.41, 5.74) is 2.60. The van der Waals surface area contributed by atoms with Crippen LogP contribution in [0.1, 0.15) is 27.9 Å². The average Bonchev–Trinajstić information content (AvgIpc) is 2.78. The molecule has 0 spiro atoms.